The molecule has 1 aliphatic carbocycles. The molecule has 0 radical (unpaired) electrons. The number of Topliss-reactive ketones (excluding diaryl/α,β-unsaturated/α-hetero) is 1. The molecule has 1 aliphatic rings. The Morgan fingerprint density at radius 1 is 1.24 bits per heavy atom. The molecule has 1 aromatic carbocycles. The van der Waals surface area contributed by atoms with Crippen LogP contribution >= 0.6 is 0 Å². The van der Waals surface area contributed by atoms with E-state index in [1.807, 2.05) is 0 Å². The van der Waals surface area contributed by atoms with E-state index < -0.39 is 0 Å². The fourth-order valence-electron chi connectivity index (χ4n) is 2.84. The summed E-state index contributed by atoms with van der Waals surface area (Å²) < 4.78 is 0. The normalized spacial score (nSPS) is 16.4. The topological polar surface area (TPSA) is 17.1 Å². The highest BCUT2D eigenvalue weighted by Gasteiger charge is 2.21. The predicted molar refractivity (Wildman–Crippen MR) is 71.2 cm³/mol. The van der Waals surface area contributed by atoms with Gasteiger partial charge >= 0.3 is 0 Å². The number of carbonyl (C=O) groups is 1. The lowest BCUT2D eigenvalue weighted by Crippen LogP contribution is -2.11. The first kappa shape index (κ1) is 12.3. The van der Waals surface area contributed by atoms with Crippen LogP contribution in [0.3, 0.4) is 0 Å². The molecule has 0 heterocycles. The highest BCUT2D eigenvalue weighted by atomic mass is 16.1. The SMILES string of the molecule is Cc1ccc(CCC(=O)C2CCCC2)c(C)c1. The van der Waals surface area contributed by atoms with Gasteiger partial charge in [0.25, 0.3) is 0 Å². The predicted octanol–water partition coefficient (Wildman–Crippen LogP) is 4.00. The van der Waals surface area contributed by atoms with Crippen molar-refractivity contribution in [1.29, 1.82) is 0 Å². The maximum absolute atomic E-state index is 12.0. The van der Waals surface area contributed by atoms with Crippen LogP contribution in [0.25, 0.3) is 0 Å². The summed E-state index contributed by atoms with van der Waals surface area (Å²) >= 11 is 0. The molecule has 0 amide bonds. The van der Waals surface area contributed by atoms with Crippen molar-refractivity contribution in [3.8, 4) is 0 Å². The summed E-state index contributed by atoms with van der Waals surface area (Å²) in [6.07, 6.45) is 6.41. The molecule has 0 saturated heterocycles. The zero-order valence-corrected chi connectivity index (χ0v) is 11.0. The van der Waals surface area contributed by atoms with Crippen molar-refractivity contribution in [2.45, 2.75) is 52.4 Å². The van der Waals surface area contributed by atoms with Crippen LogP contribution in [0.5, 0.6) is 0 Å². The Balaban J connectivity index is 1.90. The molecule has 2 rings (SSSR count). The lowest BCUT2D eigenvalue weighted by Gasteiger charge is -2.09. The Morgan fingerprint density at radius 3 is 2.59 bits per heavy atom. The quantitative estimate of drug-likeness (QED) is 0.764. The van der Waals surface area contributed by atoms with Crippen LogP contribution < -0.4 is 0 Å². The largest absolute Gasteiger partial charge is 0.299 e. The molecule has 0 aliphatic heterocycles. The van der Waals surface area contributed by atoms with Gasteiger partial charge in [-0.3, -0.25) is 4.79 Å². The van der Waals surface area contributed by atoms with Crippen molar-refractivity contribution in [2.24, 2.45) is 5.92 Å². The van der Waals surface area contributed by atoms with Crippen LogP contribution in [0.15, 0.2) is 18.2 Å². The number of carbonyl (C=O) groups excluding carboxylic acids is 1. The molecule has 0 spiro atoms. The standard InChI is InChI=1S/C16H22O/c1-12-7-8-14(13(2)11-12)9-10-16(17)15-5-3-4-6-15/h7-8,11,15H,3-6,9-10H2,1-2H3. The first-order valence-corrected chi connectivity index (χ1v) is 6.75. The molecular formula is C16H22O. The van der Waals surface area contributed by atoms with Gasteiger partial charge in [0.15, 0.2) is 0 Å². The molecule has 1 saturated carbocycles. The maximum atomic E-state index is 12.0. The number of rotatable bonds is 4. The lowest BCUT2D eigenvalue weighted by molar-refractivity contribution is -0.122. The molecule has 1 nitrogen and oxygen atoms in total. The molecule has 17 heavy (non-hydrogen) atoms. The third kappa shape index (κ3) is 3.18. The highest BCUT2D eigenvalue weighted by molar-refractivity contribution is 5.81. The number of hydrogen-bond acceptors (Lipinski definition) is 1. The van der Waals surface area contributed by atoms with Crippen molar-refractivity contribution in [3.63, 3.8) is 0 Å². The Hall–Kier alpha value is -1.11. The molecule has 1 aromatic rings. The average Bonchev–Trinajstić information content (AvgIpc) is 2.81. The van der Waals surface area contributed by atoms with Gasteiger partial charge in [-0.05, 0) is 44.2 Å². The first-order valence-electron chi connectivity index (χ1n) is 6.75. The summed E-state index contributed by atoms with van der Waals surface area (Å²) in [7, 11) is 0. The van der Waals surface area contributed by atoms with Gasteiger partial charge < -0.3 is 0 Å². The summed E-state index contributed by atoms with van der Waals surface area (Å²) in [6, 6.07) is 6.52. The summed E-state index contributed by atoms with van der Waals surface area (Å²) in [5.74, 6) is 0.864. The van der Waals surface area contributed by atoms with E-state index in [1.165, 1.54) is 29.5 Å². The monoisotopic (exact) mass is 230 g/mol. The molecule has 0 atom stereocenters. The summed E-state index contributed by atoms with van der Waals surface area (Å²) in [5.41, 5.74) is 3.96. The maximum Gasteiger partial charge on any atom is 0.136 e. The van der Waals surface area contributed by atoms with E-state index in [9.17, 15) is 4.79 Å². The molecule has 92 valence electrons. The zero-order chi connectivity index (χ0) is 12.3. The molecule has 0 unspecified atom stereocenters. The van der Waals surface area contributed by atoms with E-state index in [0.29, 0.717) is 11.7 Å². The van der Waals surface area contributed by atoms with E-state index in [-0.39, 0.29) is 0 Å². The Bertz CT molecular complexity index is 400. The third-order valence-electron chi connectivity index (χ3n) is 3.95. The third-order valence-corrected chi connectivity index (χ3v) is 3.95. The molecular weight excluding hydrogens is 208 g/mol. The van der Waals surface area contributed by atoms with Crippen LogP contribution in [0.4, 0.5) is 0 Å². The van der Waals surface area contributed by atoms with Crippen LogP contribution in [0.1, 0.15) is 48.8 Å². The minimum atomic E-state index is 0.376. The molecule has 1 heteroatoms. The fraction of sp³-hybridized carbons (Fsp3) is 0.562. The van der Waals surface area contributed by atoms with Gasteiger partial charge in [0.1, 0.15) is 5.78 Å². The Kier molecular flexibility index (Phi) is 3.98. The second-order valence-corrected chi connectivity index (χ2v) is 5.38. The van der Waals surface area contributed by atoms with E-state index in [4.69, 9.17) is 0 Å². The summed E-state index contributed by atoms with van der Waals surface area (Å²) in [5, 5.41) is 0. The number of hydrogen-bond donors (Lipinski definition) is 0. The van der Waals surface area contributed by atoms with Gasteiger partial charge in [-0.1, -0.05) is 36.6 Å². The Labute approximate surface area is 104 Å². The summed E-state index contributed by atoms with van der Waals surface area (Å²) in [6.45, 7) is 4.25. The smallest absolute Gasteiger partial charge is 0.136 e. The van der Waals surface area contributed by atoms with Crippen LogP contribution in [-0.4, -0.2) is 5.78 Å². The lowest BCUT2D eigenvalue weighted by atomic mass is 9.95. The van der Waals surface area contributed by atoms with Crippen LogP contribution in [-0.2, 0) is 11.2 Å². The van der Waals surface area contributed by atoms with Gasteiger partial charge in [0.2, 0.25) is 0 Å². The Morgan fingerprint density at radius 2 is 1.94 bits per heavy atom. The van der Waals surface area contributed by atoms with E-state index in [1.54, 1.807) is 0 Å². The van der Waals surface area contributed by atoms with Crippen molar-refractivity contribution in [3.05, 3.63) is 34.9 Å². The zero-order valence-electron chi connectivity index (χ0n) is 11.0. The molecule has 0 bridgehead atoms. The average molecular weight is 230 g/mol. The molecule has 0 aromatic heterocycles. The van der Waals surface area contributed by atoms with Crippen molar-refractivity contribution in [2.75, 3.05) is 0 Å². The van der Waals surface area contributed by atoms with Crippen molar-refractivity contribution < 1.29 is 4.79 Å². The minimum absolute atomic E-state index is 0.376. The second-order valence-electron chi connectivity index (χ2n) is 5.38. The van der Waals surface area contributed by atoms with Crippen LogP contribution in [0.2, 0.25) is 0 Å². The van der Waals surface area contributed by atoms with E-state index in [2.05, 4.69) is 32.0 Å². The van der Waals surface area contributed by atoms with Gasteiger partial charge in [0.05, 0.1) is 0 Å². The minimum Gasteiger partial charge on any atom is -0.299 e. The van der Waals surface area contributed by atoms with Crippen molar-refractivity contribution >= 4 is 5.78 Å². The summed E-state index contributed by atoms with van der Waals surface area (Å²) in [4.78, 5) is 12.0. The first-order chi connectivity index (χ1) is 8.16. The van der Waals surface area contributed by atoms with Crippen LogP contribution in [0, 0.1) is 19.8 Å². The van der Waals surface area contributed by atoms with Gasteiger partial charge in [0, 0.05) is 12.3 Å². The number of aryl methyl sites for hydroxylation is 3. The number of ketones is 1. The van der Waals surface area contributed by atoms with Gasteiger partial charge in [-0.15, -0.1) is 0 Å². The van der Waals surface area contributed by atoms with Crippen molar-refractivity contribution in [1.82, 2.24) is 0 Å². The second kappa shape index (κ2) is 5.48. The molecule has 1 fully saturated rings. The highest BCUT2D eigenvalue weighted by Crippen LogP contribution is 2.27. The van der Waals surface area contributed by atoms with Gasteiger partial charge in [-0.25, -0.2) is 0 Å². The molecule has 0 N–H and O–H groups in total. The van der Waals surface area contributed by atoms with E-state index in [0.717, 1.165) is 25.7 Å². The van der Waals surface area contributed by atoms with Gasteiger partial charge in [-0.2, -0.15) is 0 Å². The fourth-order valence-corrected chi connectivity index (χ4v) is 2.84. The van der Waals surface area contributed by atoms with E-state index >= 15 is 0 Å². The number of benzene rings is 1.